The van der Waals surface area contributed by atoms with E-state index in [9.17, 15) is 14.7 Å². The van der Waals surface area contributed by atoms with Crippen molar-refractivity contribution in [1.82, 2.24) is 19.8 Å². The molecule has 8 nitrogen and oxygen atoms in total. The van der Waals surface area contributed by atoms with E-state index in [1.807, 2.05) is 18.7 Å². The van der Waals surface area contributed by atoms with E-state index in [4.69, 9.17) is 0 Å². The average Bonchev–Trinajstić information content (AvgIpc) is 2.45. The lowest BCUT2D eigenvalue weighted by molar-refractivity contribution is 0.0825. The molecule has 1 aromatic heterocycles. The predicted octanol–water partition coefficient (Wildman–Crippen LogP) is 0.755. The van der Waals surface area contributed by atoms with E-state index in [-0.39, 0.29) is 18.0 Å². The summed E-state index contributed by atoms with van der Waals surface area (Å²) in [7, 11) is 3.34. The van der Waals surface area contributed by atoms with Crippen molar-refractivity contribution in [1.29, 1.82) is 0 Å². The van der Waals surface area contributed by atoms with Crippen molar-refractivity contribution in [2.75, 3.05) is 32.1 Å². The molecule has 8 heteroatoms. The molecule has 120 valence electrons. The van der Waals surface area contributed by atoms with Gasteiger partial charge in [-0.3, -0.25) is 9.69 Å². The number of anilines is 1. The molecule has 1 N–H and O–H groups in total. The first kappa shape index (κ1) is 16.0. The summed E-state index contributed by atoms with van der Waals surface area (Å²) in [5, 5.41) is 9.22. The molecule has 1 saturated heterocycles. The Morgan fingerprint density at radius 2 is 1.68 bits per heavy atom. The van der Waals surface area contributed by atoms with E-state index in [1.165, 1.54) is 22.2 Å². The fourth-order valence-electron chi connectivity index (χ4n) is 2.72. The monoisotopic (exact) mass is 307 g/mol. The smallest absolute Gasteiger partial charge is 0.407 e. The average molecular weight is 307 g/mol. The molecule has 22 heavy (non-hydrogen) atoms. The summed E-state index contributed by atoms with van der Waals surface area (Å²) in [4.78, 5) is 36.4. The predicted molar refractivity (Wildman–Crippen MR) is 81.1 cm³/mol. The molecule has 2 heterocycles. The summed E-state index contributed by atoms with van der Waals surface area (Å²) < 4.78 is 0. The first-order chi connectivity index (χ1) is 10.3. The second kappa shape index (κ2) is 6.17. The molecule has 1 fully saturated rings. The largest absolute Gasteiger partial charge is 0.465 e. The lowest BCUT2D eigenvalue weighted by atomic mass is 10.1. The third-order valence-corrected chi connectivity index (χ3v) is 3.71. The fourth-order valence-corrected chi connectivity index (χ4v) is 2.72. The Bertz CT molecular complexity index is 548. The van der Waals surface area contributed by atoms with E-state index in [0.717, 1.165) is 0 Å². The summed E-state index contributed by atoms with van der Waals surface area (Å²) in [5.41, 5.74) is 0.430. The Labute approximate surface area is 129 Å². The molecule has 2 amide bonds. The minimum atomic E-state index is -0.910. The van der Waals surface area contributed by atoms with E-state index in [0.29, 0.717) is 24.6 Å². The van der Waals surface area contributed by atoms with Crippen molar-refractivity contribution < 1.29 is 14.7 Å². The number of piperazine rings is 1. The lowest BCUT2D eigenvalue weighted by Crippen LogP contribution is -2.58. The van der Waals surface area contributed by atoms with Gasteiger partial charge in [-0.25, -0.2) is 14.8 Å². The van der Waals surface area contributed by atoms with Crippen LogP contribution >= 0.6 is 0 Å². The standard InChI is InChI=1S/C14H21N5O3/c1-9-7-18(8-10(2)19(9)14(21)22)13-15-5-11(6-16-13)12(20)17(3)4/h5-6,9-10H,7-8H2,1-4H3,(H,21,22)/t9-,10+. The van der Waals surface area contributed by atoms with Gasteiger partial charge in [0.1, 0.15) is 0 Å². The van der Waals surface area contributed by atoms with Crippen LogP contribution in [0.15, 0.2) is 12.4 Å². The van der Waals surface area contributed by atoms with Crippen molar-refractivity contribution >= 4 is 17.9 Å². The van der Waals surface area contributed by atoms with Gasteiger partial charge in [-0.05, 0) is 13.8 Å². The topological polar surface area (TPSA) is 89.9 Å². The highest BCUT2D eigenvalue weighted by molar-refractivity contribution is 5.93. The van der Waals surface area contributed by atoms with Gasteiger partial charge >= 0.3 is 6.09 Å². The molecule has 0 spiro atoms. The van der Waals surface area contributed by atoms with Crippen LogP contribution in [0.2, 0.25) is 0 Å². The Morgan fingerprint density at radius 3 is 2.09 bits per heavy atom. The third kappa shape index (κ3) is 3.10. The number of carboxylic acid groups (broad SMARTS) is 1. The maximum Gasteiger partial charge on any atom is 0.407 e. The molecule has 0 aromatic carbocycles. The van der Waals surface area contributed by atoms with Gasteiger partial charge in [0, 0.05) is 39.6 Å². The summed E-state index contributed by atoms with van der Waals surface area (Å²) in [5.74, 6) is 0.364. The third-order valence-electron chi connectivity index (χ3n) is 3.71. The lowest BCUT2D eigenvalue weighted by Gasteiger charge is -2.42. The van der Waals surface area contributed by atoms with Crippen LogP contribution < -0.4 is 4.90 Å². The zero-order valence-corrected chi connectivity index (χ0v) is 13.2. The molecular formula is C14H21N5O3. The van der Waals surface area contributed by atoms with Crippen LogP contribution in [0.5, 0.6) is 0 Å². The van der Waals surface area contributed by atoms with Crippen molar-refractivity contribution in [2.45, 2.75) is 25.9 Å². The van der Waals surface area contributed by atoms with Gasteiger partial charge in [-0.15, -0.1) is 0 Å². The van der Waals surface area contributed by atoms with E-state index in [2.05, 4.69) is 9.97 Å². The highest BCUT2D eigenvalue weighted by atomic mass is 16.4. The van der Waals surface area contributed by atoms with E-state index in [1.54, 1.807) is 14.1 Å². The molecule has 1 aliphatic heterocycles. The molecule has 2 atom stereocenters. The zero-order valence-electron chi connectivity index (χ0n) is 13.2. The summed E-state index contributed by atoms with van der Waals surface area (Å²) in [6.07, 6.45) is 2.10. The number of hydrogen-bond donors (Lipinski definition) is 1. The number of hydrogen-bond acceptors (Lipinski definition) is 5. The molecule has 0 saturated carbocycles. The van der Waals surface area contributed by atoms with Gasteiger partial charge in [0.05, 0.1) is 17.6 Å². The molecule has 1 aromatic rings. The highest BCUT2D eigenvalue weighted by Crippen LogP contribution is 2.19. The Kier molecular flexibility index (Phi) is 4.48. The molecule has 2 rings (SSSR count). The number of nitrogens with zero attached hydrogens (tertiary/aromatic N) is 5. The first-order valence-electron chi connectivity index (χ1n) is 7.11. The molecule has 0 unspecified atom stereocenters. The van der Waals surface area contributed by atoms with Crippen molar-refractivity contribution in [2.24, 2.45) is 0 Å². The second-order valence-electron chi connectivity index (χ2n) is 5.76. The van der Waals surface area contributed by atoms with E-state index >= 15 is 0 Å². The molecule has 1 aliphatic rings. The van der Waals surface area contributed by atoms with Gasteiger partial charge in [0.15, 0.2) is 0 Å². The molecule has 0 radical (unpaired) electrons. The van der Waals surface area contributed by atoms with Gasteiger partial charge in [-0.2, -0.15) is 0 Å². The Hall–Kier alpha value is -2.38. The minimum absolute atomic E-state index is 0.145. The normalized spacial score (nSPS) is 21.6. The van der Waals surface area contributed by atoms with Crippen LogP contribution in [0.3, 0.4) is 0 Å². The number of rotatable bonds is 2. The number of aromatic nitrogens is 2. The van der Waals surface area contributed by atoms with Crippen LogP contribution in [0.1, 0.15) is 24.2 Å². The van der Waals surface area contributed by atoms with Gasteiger partial charge in [0.2, 0.25) is 5.95 Å². The van der Waals surface area contributed by atoms with Gasteiger partial charge in [-0.1, -0.05) is 0 Å². The van der Waals surface area contributed by atoms with Crippen molar-refractivity contribution in [3.05, 3.63) is 18.0 Å². The molecular weight excluding hydrogens is 286 g/mol. The number of carbonyl (C=O) groups excluding carboxylic acids is 1. The highest BCUT2D eigenvalue weighted by Gasteiger charge is 2.33. The SMILES string of the molecule is C[C@@H]1CN(c2ncc(C(=O)N(C)C)cn2)C[C@H](C)N1C(=O)O. The maximum atomic E-state index is 11.8. The summed E-state index contributed by atoms with van der Waals surface area (Å²) in [6, 6.07) is -0.291. The van der Waals surface area contributed by atoms with Crippen LogP contribution in [0.4, 0.5) is 10.7 Å². The zero-order chi connectivity index (χ0) is 16.4. The van der Waals surface area contributed by atoms with Crippen LogP contribution in [-0.4, -0.2) is 76.1 Å². The summed E-state index contributed by atoms with van der Waals surface area (Å²) >= 11 is 0. The Balaban J connectivity index is 2.13. The summed E-state index contributed by atoms with van der Waals surface area (Å²) in [6.45, 7) is 4.77. The second-order valence-corrected chi connectivity index (χ2v) is 5.76. The Morgan fingerprint density at radius 1 is 1.18 bits per heavy atom. The van der Waals surface area contributed by atoms with Gasteiger partial charge in [0.25, 0.3) is 5.91 Å². The first-order valence-corrected chi connectivity index (χ1v) is 7.11. The number of amides is 2. The minimum Gasteiger partial charge on any atom is -0.465 e. The maximum absolute atomic E-state index is 11.8. The van der Waals surface area contributed by atoms with Gasteiger partial charge < -0.3 is 14.9 Å². The molecule has 0 bridgehead atoms. The van der Waals surface area contributed by atoms with Crippen molar-refractivity contribution in [3.8, 4) is 0 Å². The molecule has 0 aliphatic carbocycles. The van der Waals surface area contributed by atoms with E-state index < -0.39 is 6.09 Å². The fraction of sp³-hybridized carbons (Fsp3) is 0.571. The quantitative estimate of drug-likeness (QED) is 0.867. The van der Waals surface area contributed by atoms with Crippen LogP contribution in [-0.2, 0) is 0 Å². The van der Waals surface area contributed by atoms with Crippen LogP contribution in [0, 0.1) is 0 Å². The van der Waals surface area contributed by atoms with Crippen molar-refractivity contribution in [3.63, 3.8) is 0 Å². The van der Waals surface area contributed by atoms with Crippen LogP contribution in [0.25, 0.3) is 0 Å². The number of carbonyl (C=O) groups is 2.